The van der Waals surface area contributed by atoms with Gasteiger partial charge in [-0.25, -0.2) is 18.6 Å². The quantitative estimate of drug-likeness (QED) is 0.766. The minimum absolute atomic E-state index is 0.00244. The van der Waals surface area contributed by atoms with Crippen molar-refractivity contribution in [1.29, 1.82) is 0 Å². The van der Waals surface area contributed by atoms with Gasteiger partial charge in [0.15, 0.2) is 0 Å². The van der Waals surface area contributed by atoms with Gasteiger partial charge in [0.2, 0.25) is 21.8 Å². The summed E-state index contributed by atoms with van der Waals surface area (Å²) in [5.41, 5.74) is 2.27. The number of benzene rings is 2. The Balaban J connectivity index is 1.51. The molecular formula is C19H20N4O4S. The molecule has 0 radical (unpaired) electrons. The van der Waals surface area contributed by atoms with Crippen molar-refractivity contribution in [3.63, 3.8) is 0 Å². The number of hydrogen-bond acceptors (Lipinski definition) is 5. The molecule has 3 N–H and O–H groups in total. The summed E-state index contributed by atoms with van der Waals surface area (Å²) in [7, 11) is -3.78. The Morgan fingerprint density at radius 3 is 2.36 bits per heavy atom. The number of anilines is 1. The number of sulfonamides is 1. The average Bonchev–Trinajstić information content (AvgIpc) is 3.17. The van der Waals surface area contributed by atoms with Crippen LogP contribution in [0.2, 0.25) is 0 Å². The van der Waals surface area contributed by atoms with E-state index in [1.165, 1.54) is 29.3 Å². The number of primary sulfonamides is 1. The Hall–Kier alpha value is -3.04. The van der Waals surface area contributed by atoms with Crippen molar-refractivity contribution < 1.29 is 18.0 Å². The van der Waals surface area contributed by atoms with Crippen LogP contribution in [-0.2, 0) is 19.6 Å². The van der Waals surface area contributed by atoms with Crippen LogP contribution in [-0.4, -0.2) is 37.5 Å². The van der Waals surface area contributed by atoms with Crippen LogP contribution in [0, 0.1) is 0 Å². The number of nitrogens with two attached hydrogens (primary N) is 1. The molecule has 0 bridgehead atoms. The zero-order chi connectivity index (χ0) is 20.1. The topological polar surface area (TPSA) is 122 Å². The Labute approximate surface area is 163 Å². The lowest BCUT2D eigenvalue weighted by molar-refractivity contribution is -0.132. The van der Waals surface area contributed by atoms with Gasteiger partial charge in [0.1, 0.15) is 0 Å². The van der Waals surface area contributed by atoms with E-state index in [2.05, 4.69) is 10.4 Å². The largest absolute Gasteiger partial charge is 0.326 e. The lowest BCUT2D eigenvalue weighted by Gasteiger charge is -2.11. The fourth-order valence-electron chi connectivity index (χ4n) is 2.77. The molecule has 0 aliphatic carbocycles. The standard InChI is InChI=1S/C19H20N4O4S/c20-28(26,27)16-8-6-15(7-9-16)21-18(24)10-11-19(25)23-13-12-17(22-23)14-4-2-1-3-5-14/h1-9H,10-13H2,(H,21,24)(H2,20,26,27). The molecule has 0 fully saturated rings. The zero-order valence-electron chi connectivity index (χ0n) is 15.0. The molecule has 1 aliphatic heterocycles. The van der Waals surface area contributed by atoms with Gasteiger partial charge in [0.25, 0.3) is 0 Å². The molecule has 0 saturated carbocycles. The number of nitrogens with one attached hydrogen (secondary N) is 1. The third kappa shape index (κ3) is 5.02. The molecule has 0 unspecified atom stereocenters. The summed E-state index contributed by atoms with van der Waals surface area (Å²) >= 11 is 0. The number of rotatable bonds is 6. The summed E-state index contributed by atoms with van der Waals surface area (Å²) in [6, 6.07) is 15.1. The number of nitrogens with zero attached hydrogens (tertiary/aromatic N) is 2. The lowest BCUT2D eigenvalue weighted by atomic mass is 10.1. The van der Waals surface area contributed by atoms with Crippen LogP contribution < -0.4 is 10.5 Å². The lowest BCUT2D eigenvalue weighted by Crippen LogP contribution is -2.25. The molecule has 2 aromatic carbocycles. The number of hydrazone groups is 1. The molecule has 146 valence electrons. The monoisotopic (exact) mass is 400 g/mol. The van der Waals surface area contributed by atoms with Crippen LogP contribution >= 0.6 is 0 Å². The van der Waals surface area contributed by atoms with Gasteiger partial charge < -0.3 is 5.32 Å². The van der Waals surface area contributed by atoms with Crippen LogP contribution in [0.3, 0.4) is 0 Å². The zero-order valence-corrected chi connectivity index (χ0v) is 15.9. The highest BCUT2D eigenvalue weighted by Crippen LogP contribution is 2.16. The summed E-state index contributed by atoms with van der Waals surface area (Å²) < 4.78 is 22.4. The first kappa shape index (κ1) is 19.7. The first-order valence-electron chi connectivity index (χ1n) is 8.69. The van der Waals surface area contributed by atoms with E-state index in [1.54, 1.807) is 0 Å². The number of carbonyl (C=O) groups is 2. The maximum atomic E-state index is 12.3. The number of carbonyl (C=O) groups excluding carboxylic acids is 2. The van der Waals surface area contributed by atoms with Crippen LogP contribution in [0.5, 0.6) is 0 Å². The minimum atomic E-state index is -3.78. The SMILES string of the molecule is NS(=O)(=O)c1ccc(NC(=O)CCC(=O)N2CCC(c3ccccc3)=N2)cc1. The Kier molecular flexibility index (Phi) is 5.86. The summed E-state index contributed by atoms with van der Waals surface area (Å²) in [4.78, 5) is 24.3. The van der Waals surface area contributed by atoms with E-state index in [0.717, 1.165) is 11.3 Å². The molecule has 3 rings (SSSR count). The first-order valence-corrected chi connectivity index (χ1v) is 10.2. The molecule has 0 spiro atoms. The van der Waals surface area contributed by atoms with Crippen molar-refractivity contribution in [2.24, 2.45) is 10.2 Å². The molecule has 2 aromatic rings. The van der Waals surface area contributed by atoms with Gasteiger partial charge >= 0.3 is 0 Å². The van der Waals surface area contributed by atoms with Crippen molar-refractivity contribution >= 4 is 33.2 Å². The first-order chi connectivity index (χ1) is 13.3. The van der Waals surface area contributed by atoms with Crippen LogP contribution in [0.15, 0.2) is 64.6 Å². The van der Waals surface area contributed by atoms with E-state index in [-0.39, 0.29) is 29.6 Å². The molecule has 0 aromatic heterocycles. The highest BCUT2D eigenvalue weighted by atomic mass is 32.2. The number of amides is 2. The Bertz CT molecular complexity index is 1000. The van der Waals surface area contributed by atoms with Crippen molar-refractivity contribution in [2.75, 3.05) is 11.9 Å². The van der Waals surface area contributed by atoms with Gasteiger partial charge in [0.05, 0.1) is 17.2 Å². The van der Waals surface area contributed by atoms with Gasteiger partial charge in [0, 0.05) is 24.9 Å². The summed E-state index contributed by atoms with van der Waals surface area (Å²) in [5.74, 6) is -0.561. The molecule has 9 heteroatoms. The van der Waals surface area contributed by atoms with E-state index in [1.807, 2.05) is 30.3 Å². The Morgan fingerprint density at radius 1 is 1.04 bits per heavy atom. The third-order valence-corrected chi connectivity index (χ3v) is 5.16. The van der Waals surface area contributed by atoms with Gasteiger partial charge in [-0.15, -0.1) is 0 Å². The third-order valence-electron chi connectivity index (χ3n) is 4.23. The van der Waals surface area contributed by atoms with Crippen molar-refractivity contribution in [3.8, 4) is 0 Å². The maximum Gasteiger partial charge on any atom is 0.243 e. The molecule has 28 heavy (non-hydrogen) atoms. The Morgan fingerprint density at radius 2 is 1.71 bits per heavy atom. The second kappa shape index (κ2) is 8.32. The van der Waals surface area contributed by atoms with Crippen LogP contribution in [0.25, 0.3) is 0 Å². The van der Waals surface area contributed by atoms with E-state index >= 15 is 0 Å². The van der Waals surface area contributed by atoms with Gasteiger partial charge in [-0.3, -0.25) is 9.59 Å². The molecule has 0 atom stereocenters. The normalized spacial score (nSPS) is 13.9. The van der Waals surface area contributed by atoms with E-state index in [0.29, 0.717) is 18.7 Å². The average molecular weight is 400 g/mol. The number of hydrogen-bond donors (Lipinski definition) is 2. The van der Waals surface area contributed by atoms with E-state index in [4.69, 9.17) is 5.14 Å². The molecule has 1 heterocycles. The molecule has 2 amide bonds. The fraction of sp³-hybridized carbons (Fsp3) is 0.211. The predicted molar refractivity (Wildman–Crippen MR) is 105 cm³/mol. The van der Waals surface area contributed by atoms with Gasteiger partial charge in [-0.05, 0) is 29.8 Å². The van der Waals surface area contributed by atoms with Crippen LogP contribution in [0.1, 0.15) is 24.8 Å². The predicted octanol–water partition coefficient (Wildman–Crippen LogP) is 1.69. The maximum absolute atomic E-state index is 12.3. The second-order valence-electron chi connectivity index (χ2n) is 6.30. The molecule has 1 aliphatic rings. The summed E-state index contributed by atoms with van der Waals surface area (Å²) in [6.45, 7) is 0.500. The smallest absolute Gasteiger partial charge is 0.243 e. The van der Waals surface area contributed by atoms with Gasteiger partial charge in [-0.2, -0.15) is 5.10 Å². The molecule has 0 saturated heterocycles. The second-order valence-corrected chi connectivity index (χ2v) is 7.86. The summed E-state index contributed by atoms with van der Waals surface area (Å²) in [5, 5.41) is 13.4. The van der Waals surface area contributed by atoms with Crippen molar-refractivity contribution in [2.45, 2.75) is 24.2 Å². The van der Waals surface area contributed by atoms with Crippen molar-refractivity contribution in [1.82, 2.24) is 5.01 Å². The van der Waals surface area contributed by atoms with Crippen molar-refractivity contribution in [3.05, 3.63) is 60.2 Å². The van der Waals surface area contributed by atoms with E-state index in [9.17, 15) is 18.0 Å². The van der Waals surface area contributed by atoms with Crippen LogP contribution in [0.4, 0.5) is 5.69 Å². The molecular weight excluding hydrogens is 380 g/mol. The fourth-order valence-corrected chi connectivity index (χ4v) is 3.29. The summed E-state index contributed by atoms with van der Waals surface area (Å²) in [6.07, 6.45) is 0.716. The minimum Gasteiger partial charge on any atom is -0.326 e. The highest BCUT2D eigenvalue weighted by molar-refractivity contribution is 7.89. The van der Waals surface area contributed by atoms with E-state index < -0.39 is 10.0 Å². The van der Waals surface area contributed by atoms with Gasteiger partial charge in [-0.1, -0.05) is 30.3 Å². The molecule has 8 nitrogen and oxygen atoms in total. The highest BCUT2D eigenvalue weighted by Gasteiger charge is 2.22.